The molecule has 0 saturated heterocycles. The smallest absolute Gasteiger partial charge is 0.305 e. The number of rotatable bonds is 20. The maximum atomic E-state index is 11.8. The van der Waals surface area contributed by atoms with Crippen LogP contribution in [-0.4, -0.2) is 87.4 Å². The molecule has 0 aromatic heterocycles. The number of amides is 3. The van der Waals surface area contributed by atoms with Crippen LogP contribution < -0.4 is 10.0 Å². The fourth-order valence-corrected chi connectivity index (χ4v) is 4.24. The Kier molecular flexibility index (Phi) is 21.0. The molecule has 3 amide bonds. The third-order valence-corrected chi connectivity index (χ3v) is 6.81. The number of nitrogens with one attached hydrogen (secondary N) is 2. The number of carboxylic acids is 1. The molecule has 41 heavy (non-hydrogen) atoms. The number of aliphatic carboxylic acids is 1. The van der Waals surface area contributed by atoms with Crippen molar-refractivity contribution in [2.24, 2.45) is 0 Å². The van der Waals surface area contributed by atoms with Crippen molar-refractivity contribution in [3.63, 3.8) is 0 Å². The fraction of sp³-hybridized carbons (Fsp3) is 0.643. The number of carboxylic acid groups (broad SMARTS) is 1. The minimum atomic E-state index is -3.74. The monoisotopic (exact) mass is 601 g/mol. The average molecular weight is 602 g/mol. The lowest BCUT2D eigenvalue weighted by Gasteiger charge is -2.21. The summed E-state index contributed by atoms with van der Waals surface area (Å²) in [7, 11) is -3.74. The van der Waals surface area contributed by atoms with Crippen LogP contribution in [0, 0.1) is 0 Å². The van der Waals surface area contributed by atoms with Crippen molar-refractivity contribution < 1.29 is 42.2 Å². The maximum Gasteiger partial charge on any atom is 0.305 e. The highest BCUT2D eigenvalue weighted by Crippen LogP contribution is 2.10. The largest absolute Gasteiger partial charge is 0.481 e. The van der Waals surface area contributed by atoms with Crippen molar-refractivity contribution in [1.82, 2.24) is 14.9 Å². The van der Waals surface area contributed by atoms with Gasteiger partial charge in [0.05, 0.1) is 32.0 Å². The number of nitrogens with zero attached hydrogens (tertiary/aromatic N) is 1. The molecule has 0 atom stereocenters. The van der Waals surface area contributed by atoms with Crippen LogP contribution in [0.25, 0.3) is 0 Å². The van der Waals surface area contributed by atoms with Crippen molar-refractivity contribution >= 4 is 33.7 Å². The Balaban J connectivity index is 0.000000788. The molecule has 0 aliphatic rings. The molecule has 0 spiro atoms. The van der Waals surface area contributed by atoms with Gasteiger partial charge in [0.25, 0.3) is 0 Å². The Morgan fingerprint density at radius 3 is 1.98 bits per heavy atom. The molecular weight excluding hydrogens is 554 g/mol. The highest BCUT2D eigenvalue weighted by Gasteiger charge is 2.15. The molecule has 13 heteroatoms. The van der Waals surface area contributed by atoms with E-state index in [2.05, 4.69) is 12.2 Å². The van der Waals surface area contributed by atoms with Crippen LogP contribution in [-0.2, 0) is 51.6 Å². The van der Waals surface area contributed by atoms with Crippen LogP contribution in [0.1, 0.15) is 70.9 Å². The Labute approximate surface area is 244 Å². The number of ether oxygens (including phenoxy) is 2. The van der Waals surface area contributed by atoms with E-state index < -0.39 is 33.6 Å². The van der Waals surface area contributed by atoms with Gasteiger partial charge in [0, 0.05) is 45.5 Å². The zero-order chi connectivity index (χ0) is 31.1. The zero-order valence-electron chi connectivity index (χ0n) is 24.8. The van der Waals surface area contributed by atoms with E-state index in [0.29, 0.717) is 45.9 Å². The van der Waals surface area contributed by atoms with Crippen LogP contribution in [0.2, 0.25) is 0 Å². The molecule has 0 radical (unpaired) electrons. The topological polar surface area (TPSA) is 168 Å². The molecule has 12 nitrogen and oxygen atoms in total. The molecule has 0 aliphatic carbocycles. The second-order valence-electron chi connectivity index (χ2n) is 9.00. The van der Waals surface area contributed by atoms with E-state index in [0.717, 1.165) is 18.4 Å². The van der Waals surface area contributed by atoms with Crippen molar-refractivity contribution in [1.29, 1.82) is 0 Å². The van der Waals surface area contributed by atoms with Gasteiger partial charge in [0.15, 0.2) is 0 Å². The first kappa shape index (κ1) is 38.0. The lowest BCUT2D eigenvalue weighted by molar-refractivity contribution is -0.138. The number of carbonyl (C=O) groups excluding carboxylic acids is 3. The first-order valence-corrected chi connectivity index (χ1v) is 15.7. The van der Waals surface area contributed by atoms with Gasteiger partial charge in [-0.25, -0.2) is 8.42 Å². The quantitative estimate of drug-likeness (QED) is 0.190. The molecule has 1 rings (SSSR count). The number of sulfonamides is 1. The Bertz CT molecular complexity index is 1020. The van der Waals surface area contributed by atoms with Gasteiger partial charge in [-0.15, -0.1) is 0 Å². The van der Waals surface area contributed by atoms with E-state index in [-0.39, 0.29) is 31.7 Å². The Morgan fingerprint density at radius 1 is 0.829 bits per heavy atom. The third kappa shape index (κ3) is 20.5. The number of benzene rings is 1. The molecular formula is C28H47N3O9S. The SMILES string of the molecule is CCC(=O)N(CCC(=O)O)Cc1ccc(CC)cc1.CCCOCCOCCNC(=O)CCS(=O)(=O)NC(=O)CC. The molecule has 0 unspecified atom stereocenters. The molecule has 1 aromatic rings. The van der Waals surface area contributed by atoms with Gasteiger partial charge in [0.2, 0.25) is 27.7 Å². The zero-order valence-corrected chi connectivity index (χ0v) is 25.6. The number of hydrogen-bond acceptors (Lipinski definition) is 8. The molecule has 0 bridgehead atoms. The first-order valence-electron chi connectivity index (χ1n) is 14.0. The second-order valence-corrected chi connectivity index (χ2v) is 10.8. The van der Waals surface area contributed by atoms with Crippen LogP contribution >= 0.6 is 0 Å². The van der Waals surface area contributed by atoms with Gasteiger partial charge in [-0.2, -0.15) is 0 Å². The fourth-order valence-electron chi connectivity index (χ4n) is 3.19. The molecule has 0 aliphatic heterocycles. The summed E-state index contributed by atoms with van der Waals surface area (Å²) in [5.41, 5.74) is 2.28. The summed E-state index contributed by atoms with van der Waals surface area (Å²) in [4.78, 5) is 46.4. The van der Waals surface area contributed by atoms with Crippen LogP contribution in [0.4, 0.5) is 0 Å². The van der Waals surface area contributed by atoms with E-state index in [1.165, 1.54) is 5.56 Å². The predicted octanol–water partition coefficient (Wildman–Crippen LogP) is 2.25. The summed E-state index contributed by atoms with van der Waals surface area (Å²) in [5, 5.41) is 11.3. The second kappa shape index (κ2) is 22.6. The summed E-state index contributed by atoms with van der Waals surface area (Å²) in [6, 6.07) is 8.08. The predicted molar refractivity (Wildman–Crippen MR) is 156 cm³/mol. The highest BCUT2D eigenvalue weighted by molar-refractivity contribution is 7.90. The molecule has 3 N–H and O–H groups in total. The number of hydrogen-bond donors (Lipinski definition) is 3. The van der Waals surface area contributed by atoms with Gasteiger partial charge in [-0.05, 0) is 24.0 Å². The molecule has 1 aromatic carbocycles. The summed E-state index contributed by atoms with van der Waals surface area (Å²) >= 11 is 0. The molecule has 0 heterocycles. The van der Waals surface area contributed by atoms with Crippen molar-refractivity contribution in [3.8, 4) is 0 Å². The molecule has 234 valence electrons. The minimum Gasteiger partial charge on any atom is -0.481 e. The van der Waals surface area contributed by atoms with Crippen molar-refractivity contribution in [2.75, 3.05) is 45.3 Å². The van der Waals surface area contributed by atoms with Crippen molar-refractivity contribution in [3.05, 3.63) is 35.4 Å². The standard InChI is InChI=1S/C15H21NO3.C13H26N2O6S/c1-3-12-5-7-13(8-6-12)11-16(14(17)4-2)10-9-15(18)19;1-3-7-20-9-10-21-8-6-14-13(17)5-11-22(18,19)15-12(16)4-2/h5-8H,3-4,9-11H2,1-2H3,(H,18,19);3-11H2,1-2H3,(H,14,17)(H,15,16). The lowest BCUT2D eigenvalue weighted by Crippen LogP contribution is -2.35. The molecule has 0 saturated carbocycles. The summed E-state index contributed by atoms with van der Waals surface area (Å²) < 4.78 is 35.2. The van der Waals surface area contributed by atoms with E-state index in [4.69, 9.17) is 14.6 Å². The van der Waals surface area contributed by atoms with Gasteiger partial charge in [-0.3, -0.25) is 23.9 Å². The van der Waals surface area contributed by atoms with Gasteiger partial charge < -0.3 is 24.8 Å². The summed E-state index contributed by atoms with van der Waals surface area (Å²) in [5.74, 6) is -2.30. The van der Waals surface area contributed by atoms with Crippen LogP contribution in [0.15, 0.2) is 24.3 Å². The number of carbonyl (C=O) groups is 4. The Morgan fingerprint density at radius 2 is 1.44 bits per heavy atom. The average Bonchev–Trinajstić information content (AvgIpc) is 2.95. The van der Waals surface area contributed by atoms with E-state index >= 15 is 0 Å². The van der Waals surface area contributed by atoms with Crippen molar-refractivity contribution in [2.45, 2.75) is 72.8 Å². The van der Waals surface area contributed by atoms with E-state index in [1.807, 2.05) is 35.9 Å². The van der Waals surface area contributed by atoms with Gasteiger partial charge >= 0.3 is 5.97 Å². The highest BCUT2D eigenvalue weighted by atomic mass is 32.2. The van der Waals surface area contributed by atoms with E-state index in [9.17, 15) is 27.6 Å². The Hall–Kier alpha value is -3.03. The van der Waals surface area contributed by atoms with Gasteiger partial charge in [-0.1, -0.05) is 52.0 Å². The normalized spacial score (nSPS) is 10.7. The summed E-state index contributed by atoms with van der Waals surface area (Å²) in [6.07, 6.45) is 2.19. The van der Waals surface area contributed by atoms with Crippen LogP contribution in [0.3, 0.4) is 0 Å². The first-order chi connectivity index (χ1) is 19.5. The van der Waals surface area contributed by atoms with Crippen LogP contribution in [0.5, 0.6) is 0 Å². The summed E-state index contributed by atoms with van der Waals surface area (Å²) in [6.45, 7) is 10.5. The molecule has 0 fully saturated rings. The van der Waals surface area contributed by atoms with E-state index in [1.54, 1.807) is 18.7 Å². The lowest BCUT2D eigenvalue weighted by atomic mass is 10.1. The minimum absolute atomic E-state index is 0.0131. The maximum absolute atomic E-state index is 11.8. The van der Waals surface area contributed by atoms with Gasteiger partial charge in [0.1, 0.15) is 0 Å². The third-order valence-electron chi connectivity index (χ3n) is 5.53. The number of aryl methyl sites for hydroxylation is 1.